The van der Waals surface area contributed by atoms with E-state index in [0.717, 1.165) is 52.2 Å². The third-order valence-corrected chi connectivity index (χ3v) is 10.3. The van der Waals surface area contributed by atoms with E-state index in [4.69, 9.17) is 0 Å². The number of benzene rings is 4. The fourth-order valence-electron chi connectivity index (χ4n) is 5.92. The molecule has 2 amide bonds. The number of carbonyl (C=O) groups excluding carboxylic acids is 2. The topological polar surface area (TPSA) is 86.8 Å². The Balaban J connectivity index is 1.57. The van der Waals surface area contributed by atoms with Gasteiger partial charge >= 0.3 is 0 Å². The quantitative estimate of drug-likeness (QED) is 0.204. The molecule has 0 spiro atoms. The van der Waals surface area contributed by atoms with Crippen LogP contribution in [-0.2, 0) is 32.6 Å². The molecule has 0 aromatic heterocycles. The van der Waals surface area contributed by atoms with E-state index < -0.39 is 28.5 Å². The number of hydrogen-bond donors (Lipinski definition) is 1. The molecule has 8 heteroatoms. The Hall–Kier alpha value is -4.43. The molecule has 4 aromatic rings. The molecule has 1 aliphatic carbocycles. The molecule has 1 atom stereocenters. The Morgan fingerprint density at radius 3 is 2.13 bits per heavy atom. The van der Waals surface area contributed by atoms with Crippen LogP contribution in [0.5, 0.6) is 0 Å². The second-order valence-corrected chi connectivity index (χ2v) is 13.7. The second-order valence-electron chi connectivity index (χ2n) is 11.8. The van der Waals surface area contributed by atoms with Crippen LogP contribution in [0, 0.1) is 13.8 Å². The van der Waals surface area contributed by atoms with Crippen LogP contribution in [0.15, 0.2) is 114 Å². The highest BCUT2D eigenvalue weighted by Gasteiger charge is 2.35. The van der Waals surface area contributed by atoms with Crippen molar-refractivity contribution < 1.29 is 18.0 Å². The molecule has 0 bridgehead atoms. The van der Waals surface area contributed by atoms with Crippen LogP contribution in [0.25, 0.3) is 0 Å². The molecular formula is C37H41N3O4S. The van der Waals surface area contributed by atoms with E-state index in [-0.39, 0.29) is 23.4 Å². The van der Waals surface area contributed by atoms with Crippen molar-refractivity contribution in [3.63, 3.8) is 0 Å². The van der Waals surface area contributed by atoms with Crippen LogP contribution in [0.2, 0.25) is 0 Å². The maximum Gasteiger partial charge on any atom is 0.264 e. The maximum atomic E-state index is 14.6. The third-order valence-electron chi connectivity index (χ3n) is 8.47. The molecule has 1 saturated carbocycles. The van der Waals surface area contributed by atoms with E-state index in [0.29, 0.717) is 12.1 Å². The molecule has 0 aliphatic heterocycles. The van der Waals surface area contributed by atoms with E-state index in [1.165, 1.54) is 12.1 Å². The second kappa shape index (κ2) is 14.6. The number of carbonyl (C=O) groups is 2. The largest absolute Gasteiger partial charge is 0.352 e. The lowest BCUT2D eigenvalue weighted by atomic mass is 10.0. The van der Waals surface area contributed by atoms with Crippen molar-refractivity contribution in [2.75, 3.05) is 10.8 Å². The average Bonchev–Trinajstić information content (AvgIpc) is 3.56. The minimum absolute atomic E-state index is 0.0634. The summed E-state index contributed by atoms with van der Waals surface area (Å²) >= 11 is 0. The highest BCUT2D eigenvalue weighted by Crippen LogP contribution is 2.26. The highest BCUT2D eigenvalue weighted by atomic mass is 32.2. The molecule has 1 N–H and O–H groups in total. The Morgan fingerprint density at radius 2 is 1.47 bits per heavy atom. The first-order chi connectivity index (χ1) is 21.7. The van der Waals surface area contributed by atoms with E-state index in [2.05, 4.69) is 5.32 Å². The number of rotatable bonds is 12. The van der Waals surface area contributed by atoms with Gasteiger partial charge in [-0.2, -0.15) is 0 Å². The van der Waals surface area contributed by atoms with Gasteiger partial charge in [-0.15, -0.1) is 0 Å². The zero-order valence-corrected chi connectivity index (χ0v) is 26.7. The first-order valence-electron chi connectivity index (χ1n) is 15.5. The van der Waals surface area contributed by atoms with Gasteiger partial charge in [0.05, 0.1) is 10.6 Å². The molecule has 0 heterocycles. The van der Waals surface area contributed by atoms with Crippen molar-refractivity contribution in [3.05, 3.63) is 131 Å². The van der Waals surface area contributed by atoms with Gasteiger partial charge in [-0.05, 0) is 73.2 Å². The van der Waals surface area contributed by atoms with Crippen LogP contribution in [-0.4, -0.2) is 43.8 Å². The van der Waals surface area contributed by atoms with Gasteiger partial charge in [0.15, 0.2) is 0 Å². The fourth-order valence-corrected chi connectivity index (χ4v) is 7.35. The van der Waals surface area contributed by atoms with E-state index >= 15 is 0 Å². The Labute approximate surface area is 266 Å². The van der Waals surface area contributed by atoms with E-state index in [9.17, 15) is 18.0 Å². The summed E-state index contributed by atoms with van der Waals surface area (Å²) in [5.41, 5.74) is 4.04. The molecule has 234 valence electrons. The lowest BCUT2D eigenvalue weighted by Crippen LogP contribution is -2.54. The van der Waals surface area contributed by atoms with Crippen molar-refractivity contribution >= 4 is 27.5 Å². The van der Waals surface area contributed by atoms with Gasteiger partial charge in [-0.25, -0.2) is 8.42 Å². The number of aryl methyl sites for hydroxylation is 2. The average molecular weight is 624 g/mol. The predicted octanol–water partition coefficient (Wildman–Crippen LogP) is 6.20. The number of nitrogens with one attached hydrogen (secondary N) is 1. The number of anilines is 1. The van der Waals surface area contributed by atoms with Crippen molar-refractivity contribution in [1.29, 1.82) is 0 Å². The molecule has 0 radical (unpaired) electrons. The molecule has 45 heavy (non-hydrogen) atoms. The van der Waals surface area contributed by atoms with Crippen molar-refractivity contribution in [2.24, 2.45) is 0 Å². The zero-order valence-electron chi connectivity index (χ0n) is 25.9. The molecule has 4 aromatic carbocycles. The van der Waals surface area contributed by atoms with Gasteiger partial charge in [0.2, 0.25) is 11.8 Å². The smallest absolute Gasteiger partial charge is 0.264 e. The Bertz CT molecular complexity index is 1700. The van der Waals surface area contributed by atoms with Crippen molar-refractivity contribution in [1.82, 2.24) is 10.2 Å². The van der Waals surface area contributed by atoms with Crippen molar-refractivity contribution in [2.45, 2.75) is 69.5 Å². The van der Waals surface area contributed by atoms with Crippen LogP contribution < -0.4 is 9.62 Å². The molecule has 0 unspecified atom stereocenters. The first kappa shape index (κ1) is 32.0. The van der Waals surface area contributed by atoms with Crippen LogP contribution in [0.4, 0.5) is 5.69 Å². The highest BCUT2D eigenvalue weighted by molar-refractivity contribution is 7.92. The van der Waals surface area contributed by atoms with E-state index in [1.54, 1.807) is 41.3 Å². The molecule has 5 rings (SSSR count). The van der Waals surface area contributed by atoms with Crippen LogP contribution in [0.1, 0.15) is 47.9 Å². The SMILES string of the molecule is Cc1cccc(N(CC(=O)N(Cc2ccccc2C)[C@@H](Cc2ccccc2)C(=O)NC2CCCC2)S(=O)(=O)c2ccccc2)c1. The van der Waals surface area contributed by atoms with Gasteiger partial charge in [0, 0.05) is 19.0 Å². The third kappa shape index (κ3) is 8.00. The lowest BCUT2D eigenvalue weighted by molar-refractivity contribution is -0.140. The van der Waals surface area contributed by atoms with Gasteiger partial charge in [-0.1, -0.05) is 97.8 Å². The normalized spacial score (nSPS) is 14.1. The Morgan fingerprint density at radius 1 is 0.822 bits per heavy atom. The molecule has 0 saturated heterocycles. The van der Waals surface area contributed by atoms with Crippen LogP contribution >= 0.6 is 0 Å². The minimum atomic E-state index is -4.12. The summed E-state index contributed by atoms with van der Waals surface area (Å²) in [5.74, 6) is -0.678. The number of sulfonamides is 1. The number of nitrogens with zero attached hydrogens (tertiary/aromatic N) is 2. The first-order valence-corrected chi connectivity index (χ1v) is 17.0. The molecular weight excluding hydrogens is 582 g/mol. The van der Waals surface area contributed by atoms with E-state index in [1.807, 2.05) is 74.5 Å². The summed E-state index contributed by atoms with van der Waals surface area (Å²) < 4.78 is 29.4. The fraction of sp³-hybridized carbons (Fsp3) is 0.297. The van der Waals surface area contributed by atoms with Gasteiger partial charge in [0.25, 0.3) is 10.0 Å². The zero-order chi connectivity index (χ0) is 31.8. The summed E-state index contributed by atoms with van der Waals surface area (Å²) in [7, 11) is -4.12. The summed E-state index contributed by atoms with van der Waals surface area (Å²) in [6.07, 6.45) is 4.23. The molecule has 7 nitrogen and oxygen atoms in total. The minimum Gasteiger partial charge on any atom is -0.352 e. The van der Waals surface area contributed by atoms with Gasteiger partial charge in [0.1, 0.15) is 12.6 Å². The predicted molar refractivity (Wildman–Crippen MR) is 178 cm³/mol. The van der Waals surface area contributed by atoms with Gasteiger partial charge in [-0.3, -0.25) is 13.9 Å². The van der Waals surface area contributed by atoms with Crippen LogP contribution in [0.3, 0.4) is 0 Å². The molecule has 1 aliphatic rings. The summed E-state index contributed by atoms with van der Waals surface area (Å²) in [6.45, 7) is 3.55. The van der Waals surface area contributed by atoms with Gasteiger partial charge < -0.3 is 10.2 Å². The Kier molecular flexibility index (Phi) is 10.4. The number of amides is 2. The summed E-state index contributed by atoms with van der Waals surface area (Å²) in [4.78, 5) is 30.4. The number of hydrogen-bond acceptors (Lipinski definition) is 4. The van der Waals surface area contributed by atoms with Crippen molar-refractivity contribution in [3.8, 4) is 0 Å². The monoisotopic (exact) mass is 623 g/mol. The molecule has 1 fully saturated rings. The standard InChI is InChI=1S/C37H41N3O4S/c1-28-14-13-21-33(24-28)40(45(43,44)34-22-7-4-8-23-34)27-36(41)39(26-31-18-10-9-15-29(31)2)35(25-30-16-5-3-6-17-30)37(42)38-32-19-11-12-20-32/h3-10,13-18,21-24,32,35H,11-12,19-20,25-27H2,1-2H3,(H,38,42)/t35-/m0/s1. The lowest BCUT2D eigenvalue weighted by Gasteiger charge is -2.34. The summed E-state index contributed by atoms with van der Waals surface area (Å²) in [6, 6.07) is 31.9. The maximum absolute atomic E-state index is 14.6. The summed E-state index contributed by atoms with van der Waals surface area (Å²) in [5, 5.41) is 3.22.